The monoisotopic (exact) mass is 469 g/mol. The van der Waals surface area contributed by atoms with Crippen LogP contribution in [0.15, 0.2) is 58.3 Å². The lowest BCUT2D eigenvalue weighted by Gasteiger charge is -2.36. The van der Waals surface area contributed by atoms with Crippen molar-refractivity contribution in [2.24, 2.45) is 0 Å². The van der Waals surface area contributed by atoms with Gasteiger partial charge in [-0.15, -0.1) is 11.3 Å². The van der Waals surface area contributed by atoms with Gasteiger partial charge in [0.05, 0.1) is 19.3 Å². The molecule has 0 radical (unpaired) electrons. The average molecular weight is 470 g/mol. The number of thiophene rings is 1. The summed E-state index contributed by atoms with van der Waals surface area (Å²) in [6, 6.07) is 9.00. The van der Waals surface area contributed by atoms with Gasteiger partial charge < -0.3 is 24.6 Å². The molecular weight excluding hydrogens is 442 g/mol. The van der Waals surface area contributed by atoms with Crippen molar-refractivity contribution in [3.8, 4) is 11.5 Å². The van der Waals surface area contributed by atoms with Gasteiger partial charge in [-0.2, -0.15) is 0 Å². The molecule has 33 heavy (non-hydrogen) atoms. The number of aromatic hydroxyl groups is 1. The van der Waals surface area contributed by atoms with Gasteiger partial charge in [-0.25, -0.2) is 4.79 Å². The molecule has 1 aromatic carbocycles. The number of nitrogens with one attached hydrogen (secondary N) is 1. The van der Waals surface area contributed by atoms with E-state index in [4.69, 9.17) is 14.2 Å². The van der Waals surface area contributed by atoms with Gasteiger partial charge in [0.15, 0.2) is 17.3 Å². The number of esters is 1. The Balaban J connectivity index is 1.78. The van der Waals surface area contributed by atoms with Crippen molar-refractivity contribution >= 4 is 23.1 Å². The average Bonchev–Trinajstić information content (AvgIpc) is 3.33. The Hall–Kier alpha value is -3.10. The number of hydrogen-bond donors (Lipinski definition) is 2. The van der Waals surface area contributed by atoms with E-state index in [2.05, 4.69) is 11.4 Å². The van der Waals surface area contributed by atoms with Gasteiger partial charge >= 0.3 is 5.97 Å². The molecule has 2 atom stereocenters. The molecular formula is C25H27NO6S. The number of carbonyl (C=O) groups is 2. The van der Waals surface area contributed by atoms with E-state index < -0.39 is 11.9 Å². The zero-order chi connectivity index (χ0) is 23.5. The molecule has 0 amide bonds. The third kappa shape index (κ3) is 4.54. The first-order valence-corrected chi connectivity index (χ1v) is 11.6. The fourth-order valence-electron chi connectivity index (χ4n) is 4.55. The largest absolute Gasteiger partial charge is 0.504 e. The molecule has 1 aliphatic carbocycles. The number of methoxy groups -OCH3 is 2. The van der Waals surface area contributed by atoms with Crippen LogP contribution in [-0.2, 0) is 19.1 Å². The van der Waals surface area contributed by atoms with Crippen molar-refractivity contribution in [1.82, 2.24) is 5.32 Å². The highest BCUT2D eigenvalue weighted by atomic mass is 32.1. The number of Topliss-reactive ketones (excluding diaryl/α,β-unsaturated/α-hetero) is 1. The number of benzene rings is 1. The SMILES string of the molecule is COCCOC(=O)C1=C(C)NC2=C(C(=O)C[C@@H](c3cccs3)C2)[C@H]1c1ccc(OC)c(O)c1. The predicted molar refractivity (Wildman–Crippen MR) is 124 cm³/mol. The van der Waals surface area contributed by atoms with Crippen LogP contribution in [0.1, 0.15) is 42.0 Å². The standard InChI is InChI=1S/C25H27NO6S/c1-14-22(25(29)32-9-8-30-2)23(15-6-7-20(31-3)18(27)12-15)24-17(26-14)11-16(13-19(24)28)21-5-4-10-33-21/h4-7,10,12,16,23,26-27H,8-9,11,13H2,1-3H3/t16-,23-/m0/s1. The van der Waals surface area contributed by atoms with E-state index in [0.29, 0.717) is 41.0 Å². The third-order valence-electron chi connectivity index (χ3n) is 6.05. The quantitative estimate of drug-likeness (QED) is 0.467. The van der Waals surface area contributed by atoms with E-state index in [9.17, 15) is 14.7 Å². The van der Waals surface area contributed by atoms with Crippen LogP contribution in [0.4, 0.5) is 0 Å². The molecule has 2 aliphatic rings. The van der Waals surface area contributed by atoms with E-state index in [1.807, 2.05) is 18.4 Å². The number of rotatable bonds is 7. The van der Waals surface area contributed by atoms with Crippen molar-refractivity contribution in [3.63, 3.8) is 0 Å². The minimum absolute atomic E-state index is 0.0165. The number of hydrogen-bond acceptors (Lipinski definition) is 8. The van der Waals surface area contributed by atoms with E-state index >= 15 is 0 Å². The Morgan fingerprint density at radius 3 is 2.70 bits per heavy atom. The molecule has 7 nitrogen and oxygen atoms in total. The molecule has 2 heterocycles. The lowest BCUT2D eigenvalue weighted by Crippen LogP contribution is -2.36. The molecule has 4 rings (SSSR count). The molecule has 2 aromatic rings. The van der Waals surface area contributed by atoms with Crippen LogP contribution in [0.5, 0.6) is 11.5 Å². The third-order valence-corrected chi connectivity index (χ3v) is 7.08. The van der Waals surface area contributed by atoms with Gasteiger partial charge in [-0.1, -0.05) is 12.1 Å². The zero-order valence-electron chi connectivity index (χ0n) is 18.8. The predicted octanol–water partition coefficient (Wildman–Crippen LogP) is 4.01. The highest BCUT2D eigenvalue weighted by Crippen LogP contribution is 2.47. The molecule has 2 N–H and O–H groups in total. The number of allylic oxidation sites excluding steroid dienone is 3. The highest BCUT2D eigenvalue weighted by Gasteiger charge is 2.41. The normalized spacial score (nSPS) is 20.4. The number of phenolic OH excluding ortho intramolecular Hbond substituents is 1. The second-order valence-electron chi connectivity index (χ2n) is 8.09. The van der Waals surface area contributed by atoms with Gasteiger partial charge in [0, 0.05) is 47.2 Å². The summed E-state index contributed by atoms with van der Waals surface area (Å²) in [5.41, 5.74) is 2.99. The van der Waals surface area contributed by atoms with Gasteiger partial charge in [-0.05, 0) is 42.5 Å². The summed E-state index contributed by atoms with van der Waals surface area (Å²) < 4.78 is 15.6. The summed E-state index contributed by atoms with van der Waals surface area (Å²) in [6.45, 7) is 2.19. The fourth-order valence-corrected chi connectivity index (χ4v) is 5.38. The van der Waals surface area contributed by atoms with Crippen molar-refractivity contribution in [1.29, 1.82) is 0 Å². The first-order chi connectivity index (χ1) is 15.9. The molecule has 1 aromatic heterocycles. The first kappa shape index (κ1) is 23.1. The van der Waals surface area contributed by atoms with Gasteiger partial charge in [0.25, 0.3) is 0 Å². The number of dihydropyridines is 1. The Labute approximate surface area is 196 Å². The van der Waals surface area contributed by atoms with E-state index in [1.165, 1.54) is 19.1 Å². The van der Waals surface area contributed by atoms with Crippen LogP contribution in [0.2, 0.25) is 0 Å². The minimum Gasteiger partial charge on any atom is -0.504 e. The van der Waals surface area contributed by atoms with Crippen LogP contribution >= 0.6 is 11.3 Å². The summed E-state index contributed by atoms with van der Waals surface area (Å²) in [7, 11) is 3.00. The summed E-state index contributed by atoms with van der Waals surface area (Å²) in [5, 5.41) is 15.8. The summed E-state index contributed by atoms with van der Waals surface area (Å²) >= 11 is 1.64. The maximum absolute atomic E-state index is 13.5. The molecule has 0 spiro atoms. The number of ether oxygens (including phenoxy) is 3. The summed E-state index contributed by atoms with van der Waals surface area (Å²) in [4.78, 5) is 27.8. The summed E-state index contributed by atoms with van der Waals surface area (Å²) in [5.74, 6) is -0.824. The molecule has 174 valence electrons. The molecule has 0 saturated carbocycles. The minimum atomic E-state index is -0.648. The van der Waals surface area contributed by atoms with Crippen molar-refractivity contribution in [3.05, 3.63) is 68.7 Å². The van der Waals surface area contributed by atoms with Gasteiger partial charge in [0.1, 0.15) is 6.61 Å². The molecule has 0 fully saturated rings. The Bertz CT molecular complexity index is 1120. The lowest BCUT2D eigenvalue weighted by molar-refractivity contribution is -0.140. The van der Waals surface area contributed by atoms with Gasteiger partial charge in [-0.3, -0.25) is 4.79 Å². The zero-order valence-corrected chi connectivity index (χ0v) is 19.7. The Kier molecular flexibility index (Phi) is 6.85. The van der Waals surface area contributed by atoms with Crippen LogP contribution in [-0.4, -0.2) is 44.3 Å². The number of ketones is 1. The van der Waals surface area contributed by atoms with E-state index in [-0.39, 0.29) is 30.7 Å². The van der Waals surface area contributed by atoms with Crippen molar-refractivity contribution < 1.29 is 28.9 Å². The molecule has 0 bridgehead atoms. The van der Waals surface area contributed by atoms with Crippen molar-refractivity contribution in [2.45, 2.75) is 31.6 Å². The Morgan fingerprint density at radius 2 is 2.03 bits per heavy atom. The molecule has 0 saturated heterocycles. The van der Waals surface area contributed by atoms with Crippen LogP contribution in [0, 0.1) is 0 Å². The highest BCUT2D eigenvalue weighted by molar-refractivity contribution is 7.10. The summed E-state index contributed by atoms with van der Waals surface area (Å²) in [6.07, 6.45) is 1.04. The number of phenols is 1. The van der Waals surface area contributed by atoms with E-state index in [0.717, 1.165) is 5.70 Å². The second-order valence-corrected chi connectivity index (χ2v) is 9.07. The molecule has 1 aliphatic heterocycles. The maximum Gasteiger partial charge on any atom is 0.336 e. The lowest BCUT2D eigenvalue weighted by atomic mass is 9.72. The molecule has 0 unspecified atom stereocenters. The molecule has 8 heteroatoms. The maximum atomic E-state index is 13.5. The Morgan fingerprint density at radius 1 is 1.21 bits per heavy atom. The van der Waals surface area contributed by atoms with E-state index in [1.54, 1.807) is 29.5 Å². The smallest absolute Gasteiger partial charge is 0.336 e. The second kappa shape index (κ2) is 9.80. The number of carbonyl (C=O) groups excluding carboxylic acids is 2. The van der Waals surface area contributed by atoms with Crippen LogP contribution in [0.25, 0.3) is 0 Å². The van der Waals surface area contributed by atoms with Gasteiger partial charge in [0.2, 0.25) is 0 Å². The van der Waals surface area contributed by atoms with Crippen LogP contribution < -0.4 is 10.1 Å². The van der Waals surface area contributed by atoms with Crippen LogP contribution in [0.3, 0.4) is 0 Å². The topological polar surface area (TPSA) is 94.1 Å². The fraction of sp³-hybridized carbons (Fsp3) is 0.360. The van der Waals surface area contributed by atoms with Crippen molar-refractivity contribution in [2.75, 3.05) is 27.4 Å². The first-order valence-electron chi connectivity index (χ1n) is 10.7.